The zero-order valence-electron chi connectivity index (χ0n) is 10.8. The molecule has 0 aromatic heterocycles. The first-order valence-corrected chi connectivity index (χ1v) is 6.70. The highest BCUT2D eigenvalue weighted by Crippen LogP contribution is 2.48. The van der Waals surface area contributed by atoms with Gasteiger partial charge in [0.2, 0.25) is 0 Å². The van der Waals surface area contributed by atoms with E-state index in [0.29, 0.717) is 5.41 Å². The average molecular weight is 227 g/mol. The van der Waals surface area contributed by atoms with Crippen LogP contribution in [0.1, 0.15) is 42.9 Å². The quantitative estimate of drug-likeness (QED) is 0.775. The van der Waals surface area contributed by atoms with E-state index in [1.165, 1.54) is 24.9 Å². The Labute approximate surface area is 104 Å². The maximum Gasteiger partial charge on any atom is 0.00324 e. The van der Waals surface area contributed by atoms with E-state index >= 15 is 0 Å². The molecule has 1 nitrogen and oxygen atoms in total. The third kappa shape index (κ3) is 1.64. The topological polar surface area (TPSA) is 12.0 Å². The van der Waals surface area contributed by atoms with Crippen LogP contribution in [0.25, 0.3) is 6.08 Å². The highest BCUT2D eigenvalue weighted by atomic mass is 14.9. The van der Waals surface area contributed by atoms with Crippen LogP contribution in [0.3, 0.4) is 0 Å². The summed E-state index contributed by atoms with van der Waals surface area (Å²) in [5.74, 6) is 0.719. The number of rotatable bonds is 1. The molecule has 2 aliphatic rings. The van der Waals surface area contributed by atoms with Gasteiger partial charge in [0, 0.05) is 19.0 Å². The van der Waals surface area contributed by atoms with E-state index < -0.39 is 0 Å². The van der Waals surface area contributed by atoms with Crippen LogP contribution in [0.5, 0.6) is 0 Å². The van der Waals surface area contributed by atoms with Gasteiger partial charge in [-0.1, -0.05) is 37.3 Å². The summed E-state index contributed by atoms with van der Waals surface area (Å²) in [6.07, 6.45) is 6.97. The van der Waals surface area contributed by atoms with Crippen LogP contribution < -0.4 is 5.32 Å². The molecule has 1 fully saturated rings. The minimum Gasteiger partial charge on any atom is -0.316 e. The Kier molecular flexibility index (Phi) is 2.59. The van der Waals surface area contributed by atoms with Gasteiger partial charge < -0.3 is 5.32 Å². The lowest BCUT2D eigenvalue weighted by molar-refractivity contribution is 0.277. The molecule has 1 N–H and O–H groups in total. The van der Waals surface area contributed by atoms with Crippen LogP contribution in [0.4, 0.5) is 0 Å². The van der Waals surface area contributed by atoms with Gasteiger partial charge in [0.15, 0.2) is 0 Å². The predicted octanol–water partition coefficient (Wildman–Crippen LogP) is 3.36. The molecular weight excluding hydrogens is 206 g/mol. The normalized spacial score (nSPS) is 31.5. The molecule has 1 aromatic carbocycles. The van der Waals surface area contributed by atoms with Crippen molar-refractivity contribution in [2.45, 2.75) is 32.6 Å². The second-order valence-corrected chi connectivity index (χ2v) is 5.75. The lowest BCUT2D eigenvalue weighted by Crippen LogP contribution is -2.30. The molecule has 0 bridgehead atoms. The SMILES string of the molecule is C/C=C/c1cccc2c1CCC1(C)CNCC21. The van der Waals surface area contributed by atoms with Crippen molar-refractivity contribution >= 4 is 6.08 Å². The van der Waals surface area contributed by atoms with E-state index in [1.54, 1.807) is 11.1 Å². The van der Waals surface area contributed by atoms with Crippen molar-refractivity contribution in [3.63, 3.8) is 0 Å². The maximum atomic E-state index is 3.58. The summed E-state index contributed by atoms with van der Waals surface area (Å²) in [5.41, 5.74) is 5.11. The van der Waals surface area contributed by atoms with Crippen molar-refractivity contribution in [3.05, 3.63) is 41.0 Å². The minimum absolute atomic E-state index is 0.488. The Morgan fingerprint density at radius 3 is 3.12 bits per heavy atom. The third-order valence-electron chi connectivity index (χ3n) is 4.63. The van der Waals surface area contributed by atoms with Gasteiger partial charge in [-0.3, -0.25) is 0 Å². The second-order valence-electron chi connectivity index (χ2n) is 5.75. The Morgan fingerprint density at radius 2 is 2.29 bits per heavy atom. The Hall–Kier alpha value is -1.08. The Morgan fingerprint density at radius 1 is 1.41 bits per heavy atom. The molecule has 2 unspecified atom stereocenters. The monoisotopic (exact) mass is 227 g/mol. The summed E-state index contributed by atoms with van der Waals surface area (Å²) in [6.45, 7) is 6.89. The fourth-order valence-corrected chi connectivity index (χ4v) is 3.60. The van der Waals surface area contributed by atoms with E-state index in [0.717, 1.165) is 12.5 Å². The predicted molar refractivity (Wildman–Crippen MR) is 73.2 cm³/mol. The minimum atomic E-state index is 0.488. The van der Waals surface area contributed by atoms with Crippen molar-refractivity contribution in [1.29, 1.82) is 0 Å². The zero-order valence-corrected chi connectivity index (χ0v) is 10.8. The first-order chi connectivity index (χ1) is 8.24. The first kappa shape index (κ1) is 11.0. The molecule has 1 heteroatoms. The van der Waals surface area contributed by atoms with Crippen molar-refractivity contribution in [1.82, 2.24) is 5.32 Å². The van der Waals surface area contributed by atoms with Gasteiger partial charge in [-0.25, -0.2) is 0 Å². The fraction of sp³-hybridized carbons (Fsp3) is 0.500. The fourth-order valence-electron chi connectivity index (χ4n) is 3.60. The molecule has 2 atom stereocenters. The van der Waals surface area contributed by atoms with Crippen LogP contribution in [-0.4, -0.2) is 13.1 Å². The van der Waals surface area contributed by atoms with Crippen molar-refractivity contribution in [2.24, 2.45) is 5.41 Å². The molecule has 0 radical (unpaired) electrons. The molecule has 1 aromatic rings. The van der Waals surface area contributed by atoms with Crippen LogP contribution in [-0.2, 0) is 6.42 Å². The largest absolute Gasteiger partial charge is 0.316 e. The molecule has 1 aliphatic heterocycles. The maximum absolute atomic E-state index is 3.58. The Bertz CT molecular complexity index is 461. The van der Waals surface area contributed by atoms with Crippen LogP contribution in [0.15, 0.2) is 24.3 Å². The van der Waals surface area contributed by atoms with Crippen LogP contribution in [0.2, 0.25) is 0 Å². The lowest BCUT2D eigenvalue weighted by atomic mass is 9.66. The Balaban J connectivity index is 2.10. The molecule has 1 saturated heterocycles. The van der Waals surface area contributed by atoms with Crippen molar-refractivity contribution in [2.75, 3.05) is 13.1 Å². The number of nitrogens with one attached hydrogen (secondary N) is 1. The van der Waals surface area contributed by atoms with Gasteiger partial charge in [-0.2, -0.15) is 0 Å². The summed E-state index contributed by atoms with van der Waals surface area (Å²) in [6, 6.07) is 6.82. The molecule has 0 spiro atoms. The molecular formula is C16H21N. The summed E-state index contributed by atoms with van der Waals surface area (Å²) in [4.78, 5) is 0. The van der Waals surface area contributed by atoms with Gasteiger partial charge in [0.25, 0.3) is 0 Å². The number of allylic oxidation sites excluding steroid dienone is 1. The molecule has 90 valence electrons. The van der Waals surface area contributed by atoms with E-state index in [9.17, 15) is 0 Å². The lowest BCUT2D eigenvalue weighted by Gasteiger charge is -2.37. The molecule has 1 aliphatic carbocycles. The standard InChI is InChI=1S/C16H21N/c1-3-5-12-6-4-7-14-13(12)8-9-16(2)11-17-10-15(14)16/h3-7,15,17H,8-11H2,1-2H3/b5-3+. The summed E-state index contributed by atoms with van der Waals surface area (Å²) in [7, 11) is 0. The molecule has 17 heavy (non-hydrogen) atoms. The molecule has 3 rings (SSSR count). The zero-order chi connectivity index (χ0) is 11.9. The number of hydrogen-bond acceptors (Lipinski definition) is 1. The number of benzene rings is 1. The summed E-state index contributed by atoms with van der Waals surface area (Å²) < 4.78 is 0. The average Bonchev–Trinajstić information content (AvgIpc) is 2.72. The molecule has 1 heterocycles. The van der Waals surface area contributed by atoms with Gasteiger partial charge in [0.05, 0.1) is 0 Å². The van der Waals surface area contributed by atoms with Crippen LogP contribution in [0, 0.1) is 5.41 Å². The van der Waals surface area contributed by atoms with E-state index in [1.807, 2.05) is 0 Å². The summed E-state index contributed by atoms with van der Waals surface area (Å²) in [5, 5.41) is 3.58. The van der Waals surface area contributed by atoms with Gasteiger partial charge in [-0.05, 0) is 41.9 Å². The highest BCUT2D eigenvalue weighted by molar-refractivity contribution is 5.57. The molecule has 0 saturated carbocycles. The van der Waals surface area contributed by atoms with E-state index in [4.69, 9.17) is 0 Å². The smallest absolute Gasteiger partial charge is 0.00324 e. The van der Waals surface area contributed by atoms with Gasteiger partial charge >= 0.3 is 0 Å². The van der Waals surface area contributed by atoms with Crippen molar-refractivity contribution in [3.8, 4) is 0 Å². The van der Waals surface area contributed by atoms with Crippen molar-refractivity contribution < 1.29 is 0 Å². The number of hydrogen-bond donors (Lipinski definition) is 1. The number of fused-ring (bicyclic) bond motifs is 3. The first-order valence-electron chi connectivity index (χ1n) is 6.70. The van der Waals surface area contributed by atoms with Gasteiger partial charge in [0.1, 0.15) is 0 Å². The highest BCUT2D eigenvalue weighted by Gasteiger charge is 2.43. The summed E-state index contributed by atoms with van der Waals surface area (Å²) >= 11 is 0. The van der Waals surface area contributed by atoms with E-state index in [-0.39, 0.29) is 0 Å². The molecule has 0 amide bonds. The van der Waals surface area contributed by atoms with E-state index in [2.05, 4.69) is 49.5 Å². The van der Waals surface area contributed by atoms with Gasteiger partial charge in [-0.15, -0.1) is 0 Å². The third-order valence-corrected chi connectivity index (χ3v) is 4.63. The second kappa shape index (κ2) is 3.99. The van der Waals surface area contributed by atoms with Crippen LogP contribution >= 0.6 is 0 Å².